The lowest BCUT2D eigenvalue weighted by Gasteiger charge is -2.22. The van der Waals surface area contributed by atoms with Crippen LogP contribution >= 0.6 is 0 Å². The van der Waals surface area contributed by atoms with Gasteiger partial charge in [-0.05, 0) is 46.1 Å². The van der Waals surface area contributed by atoms with Crippen LogP contribution in [-0.2, 0) is 5.54 Å². The fourth-order valence-electron chi connectivity index (χ4n) is 2.25. The molecule has 2 N–H and O–H groups in total. The molecule has 1 fully saturated rings. The topological polar surface area (TPSA) is 67.2 Å². The molecule has 0 aromatic carbocycles. The molecule has 112 valence electrons. The lowest BCUT2D eigenvalue weighted by Crippen LogP contribution is -2.37. The van der Waals surface area contributed by atoms with Gasteiger partial charge in [0, 0.05) is 11.6 Å². The number of carbonyl (C=O) groups excluding carboxylic acids is 1. The van der Waals surface area contributed by atoms with E-state index >= 15 is 0 Å². The maximum atomic E-state index is 12.2. The van der Waals surface area contributed by atoms with E-state index in [-0.39, 0.29) is 24.1 Å². The van der Waals surface area contributed by atoms with Crippen LogP contribution in [0.1, 0.15) is 69.1 Å². The highest BCUT2D eigenvalue weighted by Gasteiger charge is 2.32. The minimum Gasteiger partial charge on any atom is -0.394 e. The largest absolute Gasteiger partial charge is 0.394 e. The summed E-state index contributed by atoms with van der Waals surface area (Å²) in [5.41, 5.74) is 1.48. The molecule has 0 saturated heterocycles. The van der Waals surface area contributed by atoms with E-state index in [1.54, 1.807) is 0 Å². The number of hydrogen-bond acceptors (Lipinski definition) is 3. The maximum absolute atomic E-state index is 12.2. The first-order valence-corrected chi connectivity index (χ1v) is 7.39. The Hall–Kier alpha value is -1.36. The van der Waals surface area contributed by atoms with Crippen molar-refractivity contribution in [3.8, 4) is 0 Å². The second kappa shape index (κ2) is 5.56. The minimum atomic E-state index is -0.202. The molecule has 0 radical (unpaired) electrons. The van der Waals surface area contributed by atoms with Crippen molar-refractivity contribution in [3.05, 3.63) is 17.5 Å². The quantitative estimate of drug-likeness (QED) is 0.866. The molecule has 20 heavy (non-hydrogen) atoms. The number of amides is 1. The van der Waals surface area contributed by atoms with E-state index in [4.69, 9.17) is 5.11 Å². The zero-order valence-electron chi connectivity index (χ0n) is 12.8. The third-order valence-electron chi connectivity index (χ3n) is 3.65. The van der Waals surface area contributed by atoms with E-state index in [0.717, 1.165) is 5.69 Å². The summed E-state index contributed by atoms with van der Waals surface area (Å²) in [6, 6.07) is 1.70. The van der Waals surface area contributed by atoms with E-state index in [1.807, 2.05) is 17.7 Å². The van der Waals surface area contributed by atoms with E-state index < -0.39 is 0 Å². The third kappa shape index (κ3) is 3.20. The molecule has 2 rings (SSSR count). The normalized spacial score (nSPS) is 17.1. The third-order valence-corrected chi connectivity index (χ3v) is 3.65. The van der Waals surface area contributed by atoms with Gasteiger partial charge in [-0.25, -0.2) is 0 Å². The molecular weight excluding hydrogens is 254 g/mol. The van der Waals surface area contributed by atoms with Crippen molar-refractivity contribution >= 4 is 5.91 Å². The van der Waals surface area contributed by atoms with Gasteiger partial charge in [-0.2, -0.15) is 5.10 Å². The first-order valence-electron chi connectivity index (χ1n) is 7.39. The van der Waals surface area contributed by atoms with Gasteiger partial charge in [0.2, 0.25) is 0 Å². The Bertz CT molecular complexity index is 480. The van der Waals surface area contributed by atoms with Crippen molar-refractivity contribution in [1.29, 1.82) is 0 Å². The summed E-state index contributed by atoms with van der Waals surface area (Å²) in [7, 11) is 0. The number of carbonyl (C=O) groups is 1. The number of hydrogen-bond donors (Lipinski definition) is 2. The predicted octanol–water partition coefficient (Wildman–Crippen LogP) is 2.02. The number of nitrogens with zero attached hydrogens (tertiary/aromatic N) is 2. The van der Waals surface area contributed by atoms with E-state index in [9.17, 15) is 4.79 Å². The molecule has 5 nitrogen and oxygen atoms in total. The molecule has 0 bridgehead atoms. The Morgan fingerprint density at radius 3 is 2.65 bits per heavy atom. The van der Waals surface area contributed by atoms with E-state index in [1.165, 1.54) is 12.8 Å². The molecule has 5 heteroatoms. The summed E-state index contributed by atoms with van der Waals surface area (Å²) in [5.74, 6) is 0.346. The smallest absolute Gasteiger partial charge is 0.272 e. The van der Waals surface area contributed by atoms with Gasteiger partial charge >= 0.3 is 0 Å². The van der Waals surface area contributed by atoms with Crippen LogP contribution < -0.4 is 5.32 Å². The van der Waals surface area contributed by atoms with Gasteiger partial charge in [0.05, 0.1) is 18.2 Å². The van der Waals surface area contributed by atoms with Crippen molar-refractivity contribution in [2.24, 2.45) is 0 Å². The first-order chi connectivity index (χ1) is 9.36. The molecule has 0 spiro atoms. The zero-order chi connectivity index (χ0) is 14.9. The van der Waals surface area contributed by atoms with Crippen LogP contribution in [0.25, 0.3) is 0 Å². The summed E-state index contributed by atoms with van der Waals surface area (Å²) >= 11 is 0. The zero-order valence-corrected chi connectivity index (χ0v) is 12.8. The molecule has 0 aliphatic heterocycles. The molecule has 1 atom stereocenters. The minimum absolute atomic E-state index is 0.0439. The number of nitrogens with one attached hydrogen (secondary N) is 1. The molecular formula is C15H25N3O2. The van der Waals surface area contributed by atoms with Gasteiger partial charge in [0.1, 0.15) is 5.69 Å². The molecule has 1 unspecified atom stereocenters. The van der Waals surface area contributed by atoms with Crippen LogP contribution in [0.15, 0.2) is 6.07 Å². The van der Waals surface area contributed by atoms with Gasteiger partial charge in [-0.1, -0.05) is 6.92 Å². The first kappa shape index (κ1) is 15.0. The lowest BCUT2D eigenvalue weighted by atomic mass is 10.1. The molecule has 1 aromatic rings. The molecule has 1 saturated carbocycles. The Morgan fingerprint density at radius 1 is 1.55 bits per heavy atom. The van der Waals surface area contributed by atoms with Gasteiger partial charge in [-0.3, -0.25) is 9.48 Å². The average Bonchev–Trinajstić information content (AvgIpc) is 3.12. The number of aromatic nitrogens is 2. The summed E-state index contributed by atoms with van der Waals surface area (Å²) < 4.78 is 1.97. The maximum Gasteiger partial charge on any atom is 0.272 e. The summed E-state index contributed by atoms with van der Waals surface area (Å²) in [6.07, 6.45) is 3.06. The van der Waals surface area contributed by atoms with Crippen LogP contribution in [0.5, 0.6) is 0 Å². The Kier molecular flexibility index (Phi) is 4.18. The predicted molar refractivity (Wildman–Crippen MR) is 77.8 cm³/mol. The Balaban J connectivity index is 2.22. The van der Waals surface area contributed by atoms with Crippen molar-refractivity contribution in [2.75, 3.05) is 6.61 Å². The van der Waals surface area contributed by atoms with Crippen LogP contribution in [0.2, 0.25) is 0 Å². The highest BCUT2D eigenvalue weighted by Crippen LogP contribution is 2.41. The number of aliphatic hydroxyl groups excluding tert-OH is 1. The van der Waals surface area contributed by atoms with Crippen LogP contribution in [0.4, 0.5) is 0 Å². The Labute approximate surface area is 120 Å². The second-order valence-electron chi connectivity index (χ2n) is 6.57. The van der Waals surface area contributed by atoms with Crippen molar-refractivity contribution in [3.63, 3.8) is 0 Å². The fourth-order valence-corrected chi connectivity index (χ4v) is 2.25. The number of rotatable bonds is 5. The van der Waals surface area contributed by atoms with Crippen molar-refractivity contribution in [1.82, 2.24) is 15.1 Å². The molecule has 1 aliphatic rings. The van der Waals surface area contributed by atoms with Crippen LogP contribution in [0, 0.1) is 0 Å². The van der Waals surface area contributed by atoms with E-state index in [2.05, 4.69) is 31.2 Å². The average molecular weight is 279 g/mol. The van der Waals surface area contributed by atoms with Gasteiger partial charge in [0.15, 0.2) is 0 Å². The second-order valence-corrected chi connectivity index (χ2v) is 6.57. The Morgan fingerprint density at radius 2 is 2.20 bits per heavy atom. The molecule has 1 amide bonds. The van der Waals surface area contributed by atoms with Gasteiger partial charge in [0.25, 0.3) is 5.91 Å². The van der Waals surface area contributed by atoms with Crippen molar-refractivity contribution < 1.29 is 9.90 Å². The standard InChI is InChI=1S/C15H25N3O2/c1-5-11(9-19)16-14(20)12-8-13(10-6-7-10)18(17-12)15(2,3)4/h8,10-11,19H,5-7,9H2,1-4H3,(H,16,20). The van der Waals surface area contributed by atoms with Crippen LogP contribution in [-0.4, -0.2) is 33.4 Å². The molecule has 1 heterocycles. The monoisotopic (exact) mass is 279 g/mol. The molecule has 1 aromatic heterocycles. The highest BCUT2D eigenvalue weighted by molar-refractivity contribution is 5.92. The molecule has 1 aliphatic carbocycles. The fraction of sp³-hybridized carbons (Fsp3) is 0.733. The summed E-state index contributed by atoms with van der Waals surface area (Å²) in [4.78, 5) is 12.2. The highest BCUT2D eigenvalue weighted by atomic mass is 16.3. The van der Waals surface area contributed by atoms with Gasteiger partial charge in [-0.15, -0.1) is 0 Å². The number of aliphatic hydroxyl groups is 1. The van der Waals surface area contributed by atoms with E-state index in [0.29, 0.717) is 18.0 Å². The van der Waals surface area contributed by atoms with Crippen molar-refractivity contribution in [2.45, 2.75) is 64.5 Å². The SMILES string of the molecule is CCC(CO)NC(=O)c1cc(C2CC2)n(C(C)(C)C)n1. The summed E-state index contributed by atoms with van der Waals surface area (Å²) in [5, 5.41) is 16.5. The lowest BCUT2D eigenvalue weighted by molar-refractivity contribution is 0.0908. The summed E-state index contributed by atoms with van der Waals surface area (Å²) in [6.45, 7) is 8.17. The van der Waals surface area contributed by atoms with Crippen LogP contribution in [0.3, 0.4) is 0 Å². The van der Waals surface area contributed by atoms with Gasteiger partial charge < -0.3 is 10.4 Å².